The normalized spacial score (nSPS) is 16.1. The van der Waals surface area contributed by atoms with Crippen LogP contribution in [0.3, 0.4) is 0 Å². The van der Waals surface area contributed by atoms with E-state index in [0.717, 1.165) is 10.9 Å². The van der Waals surface area contributed by atoms with Crippen molar-refractivity contribution in [1.29, 1.82) is 0 Å². The summed E-state index contributed by atoms with van der Waals surface area (Å²) in [5, 5.41) is 4.47. The van der Waals surface area contributed by atoms with Crippen molar-refractivity contribution in [2.45, 2.75) is 18.9 Å². The summed E-state index contributed by atoms with van der Waals surface area (Å²) >= 11 is 8.32. The zero-order valence-electron chi connectivity index (χ0n) is 10.4. The van der Waals surface area contributed by atoms with Crippen LogP contribution in [-0.4, -0.2) is 0 Å². The summed E-state index contributed by atoms with van der Waals surface area (Å²) in [7, 11) is 0. The third-order valence-electron chi connectivity index (χ3n) is 3.47. The summed E-state index contributed by atoms with van der Waals surface area (Å²) in [5.74, 6) is 0.749. The molecule has 0 amide bonds. The van der Waals surface area contributed by atoms with Gasteiger partial charge < -0.3 is 5.32 Å². The fourth-order valence-electron chi connectivity index (χ4n) is 2.33. The van der Waals surface area contributed by atoms with Crippen molar-refractivity contribution in [1.82, 2.24) is 0 Å². The Bertz CT molecular complexity index is 563. The van der Waals surface area contributed by atoms with Crippen molar-refractivity contribution in [2.24, 2.45) is 5.92 Å². The molecule has 3 rings (SSSR count). The van der Waals surface area contributed by atoms with Gasteiger partial charge in [0.1, 0.15) is 0 Å². The van der Waals surface area contributed by atoms with Gasteiger partial charge in [-0.25, -0.2) is 0 Å². The van der Waals surface area contributed by atoms with Crippen LogP contribution >= 0.6 is 34.2 Å². The average Bonchev–Trinajstić information content (AvgIpc) is 3.22. The summed E-state index contributed by atoms with van der Waals surface area (Å²) in [5.41, 5.74) is 2.52. The Morgan fingerprint density at radius 3 is 2.47 bits per heavy atom. The standard InChI is InChI=1S/C16H15ClIN/c17-13-8-6-12(7-9-13)16(11-4-5-11)19-15-3-1-2-14(18)10-15/h1-3,6-11,16,19H,4-5H2. The lowest BCUT2D eigenvalue weighted by Crippen LogP contribution is -2.12. The second-order valence-corrected chi connectivity index (χ2v) is 6.70. The van der Waals surface area contributed by atoms with E-state index in [9.17, 15) is 0 Å². The summed E-state index contributed by atoms with van der Waals surface area (Å²) in [4.78, 5) is 0. The molecule has 1 N–H and O–H groups in total. The maximum absolute atomic E-state index is 5.97. The zero-order chi connectivity index (χ0) is 13.2. The van der Waals surface area contributed by atoms with Crippen molar-refractivity contribution in [3.63, 3.8) is 0 Å². The maximum atomic E-state index is 5.97. The second kappa shape index (κ2) is 5.71. The van der Waals surface area contributed by atoms with Gasteiger partial charge in [0.15, 0.2) is 0 Å². The predicted molar refractivity (Wildman–Crippen MR) is 89.7 cm³/mol. The zero-order valence-corrected chi connectivity index (χ0v) is 13.4. The van der Waals surface area contributed by atoms with E-state index in [-0.39, 0.29) is 0 Å². The molecule has 0 aromatic heterocycles. The van der Waals surface area contributed by atoms with Gasteiger partial charge in [-0.05, 0) is 77.2 Å². The molecule has 1 saturated carbocycles. The molecule has 0 bridgehead atoms. The Morgan fingerprint density at radius 2 is 1.84 bits per heavy atom. The third kappa shape index (κ3) is 3.42. The first-order valence-electron chi connectivity index (χ1n) is 6.50. The van der Waals surface area contributed by atoms with Gasteiger partial charge >= 0.3 is 0 Å². The van der Waals surface area contributed by atoms with Crippen LogP contribution in [0.2, 0.25) is 5.02 Å². The summed E-state index contributed by atoms with van der Waals surface area (Å²) < 4.78 is 1.26. The topological polar surface area (TPSA) is 12.0 Å². The minimum absolute atomic E-state index is 0.399. The molecule has 1 aliphatic rings. The molecule has 0 radical (unpaired) electrons. The first-order chi connectivity index (χ1) is 9.22. The number of anilines is 1. The first-order valence-corrected chi connectivity index (χ1v) is 7.95. The van der Waals surface area contributed by atoms with Gasteiger partial charge in [-0.3, -0.25) is 0 Å². The summed E-state index contributed by atoms with van der Waals surface area (Å²) in [6.45, 7) is 0. The van der Waals surface area contributed by atoms with Gasteiger partial charge in [0.2, 0.25) is 0 Å². The fraction of sp³-hybridized carbons (Fsp3) is 0.250. The third-order valence-corrected chi connectivity index (χ3v) is 4.39. The van der Waals surface area contributed by atoms with Crippen molar-refractivity contribution >= 4 is 39.9 Å². The van der Waals surface area contributed by atoms with Gasteiger partial charge in [0, 0.05) is 14.3 Å². The number of hydrogen-bond acceptors (Lipinski definition) is 1. The molecule has 0 saturated heterocycles. The highest BCUT2D eigenvalue weighted by molar-refractivity contribution is 14.1. The van der Waals surface area contributed by atoms with E-state index in [1.165, 1.54) is 27.7 Å². The van der Waals surface area contributed by atoms with Crippen LogP contribution in [0.5, 0.6) is 0 Å². The number of rotatable bonds is 4. The molecule has 1 unspecified atom stereocenters. The summed E-state index contributed by atoms with van der Waals surface area (Å²) in [6, 6.07) is 17.1. The number of benzene rings is 2. The van der Waals surface area contributed by atoms with E-state index in [1.54, 1.807) is 0 Å². The molecule has 1 atom stereocenters. The van der Waals surface area contributed by atoms with Crippen LogP contribution in [-0.2, 0) is 0 Å². The first kappa shape index (κ1) is 13.3. The van der Waals surface area contributed by atoms with E-state index >= 15 is 0 Å². The average molecular weight is 384 g/mol. The van der Waals surface area contributed by atoms with Gasteiger partial charge in [-0.1, -0.05) is 29.8 Å². The predicted octanol–water partition coefficient (Wildman–Crippen LogP) is 5.51. The van der Waals surface area contributed by atoms with Gasteiger partial charge in [0.05, 0.1) is 6.04 Å². The molecule has 2 aromatic rings. The molecule has 0 spiro atoms. The monoisotopic (exact) mass is 383 g/mol. The molecule has 3 heteroatoms. The van der Waals surface area contributed by atoms with Crippen molar-refractivity contribution in [3.8, 4) is 0 Å². The number of nitrogens with one attached hydrogen (secondary N) is 1. The fourth-order valence-corrected chi connectivity index (χ4v) is 3.00. The van der Waals surface area contributed by atoms with E-state index < -0.39 is 0 Å². The Hall–Kier alpha value is -0.740. The molecular formula is C16H15ClIN. The highest BCUT2D eigenvalue weighted by atomic mass is 127. The minimum Gasteiger partial charge on any atom is -0.378 e. The molecule has 1 aliphatic carbocycles. The van der Waals surface area contributed by atoms with Crippen molar-refractivity contribution in [3.05, 3.63) is 62.7 Å². The van der Waals surface area contributed by atoms with Crippen molar-refractivity contribution < 1.29 is 0 Å². The minimum atomic E-state index is 0.399. The Morgan fingerprint density at radius 1 is 1.11 bits per heavy atom. The lowest BCUT2D eigenvalue weighted by Gasteiger charge is -2.20. The molecule has 98 valence electrons. The quantitative estimate of drug-likeness (QED) is 0.687. The lowest BCUT2D eigenvalue weighted by molar-refractivity contribution is 0.679. The lowest BCUT2D eigenvalue weighted by atomic mass is 10.0. The van der Waals surface area contributed by atoms with Gasteiger partial charge in [-0.15, -0.1) is 0 Å². The van der Waals surface area contributed by atoms with Crippen LogP contribution in [0.4, 0.5) is 5.69 Å². The number of hydrogen-bond donors (Lipinski definition) is 1. The van der Waals surface area contributed by atoms with E-state index in [2.05, 4.69) is 64.3 Å². The van der Waals surface area contributed by atoms with E-state index in [1.807, 2.05) is 12.1 Å². The maximum Gasteiger partial charge on any atom is 0.0542 e. The van der Waals surface area contributed by atoms with Gasteiger partial charge in [-0.2, -0.15) is 0 Å². The largest absolute Gasteiger partial charge is 0.378 e. The Kier molecular flexibility index (Phi) is 3.99. The highest BCUT2D eigenvalue weighted by Crippen LogP contribution is 2.43. The van der Waals surface area contributed by atoms with Crippen LogP contribution in [0, 0.1) is 9.49 Å². The van der Waals surface area contributed by atoms with Crippen LogP contribution < -0.4 is 5.32 Å². The van der Waals surface area contributed by atoms with E-state index in [4.69, 9.17) is 11.6 Å². The molecule has 0 heterocycles. The molecule has 19 heavy (non-hydrogen) atoms. The van der Waals surface area contributed by atoms with E-state index in [0.29, 0.717) is 6.04 Å². The molecule has 0 aliphatic heterocycles. The second-order valence-electron chi connectivity index (χ2n) is 5.02. The Labute approximate surface area is 132 Å². The number of halogens is 2. The van der Waals surface area contributed by atoms with Crippen LogP contribution in [0.25, 0.3) is 0 Å². The van der Waals surface area contributed by atoms with Gasteiger partial charge in [0.25, 0.3) is 0 Å². The Balaban J connectivity index is 1.83. The van der Waals surface area contributed by atoms with Crippen molar-refractivity contribution in [2.75, 3.05) is 5.32 Å². The highest BCUT2D eigenvalue weighted by Gasteiger charge is 2.32. The molecular weight excluding hydrogens is 369 g/mol. The SMILES string of the molecule is Clc1ccc(C(Nc2cccc(I)c2)C2CC2)cc1. The molecule has 2 aromatic carbocycles. The molecule has 1 fully saturated rings. The molecule has 1 nitrogen and oxygen atoms in total. The summed E-state index contributed by atoms with van der Waals surface area (Å²) in [6.07, 6.45) is 2.62. The smallest absolute Gasteiger partial charge is 0.0542 e. The van der Waals surface area contributed by atoms with Crippen LogP contribution in [0.1, 0.15) is 24.4 Å². The van der Waals surface area contributed by atoms with Crippen LogP contribution in [0.15, 0.2) is 48.5 Å².